The highest BCUT2D eigenvalue weighted by atomic mass is 127. The first-order valence-corrected chi connectivity index (χ1v) is 6.88. The standard InChI is InChI=1S/C16H16F3N3O.HI/c17-16(18,19)13-8-4-5-9-14(13)23-11-10-21-15(20)22-12-6-2-1-3-7-12;/h1-9H,10-11H2,(H3,20,21,22);1H. The lowest BCUT2D eigenvalue weighted by Gasteiger charge is -2.13. The van der Waals surface area contributed by atoms with Crippen LogP contribution in [0.2, 0.25) is 0 Å². The van der Waals surface area contributed by atoms with Gasteiger partial charge in [0.1, 0.15) is 12.4 Å². The SMILES string of the molecule is I.NC(=NCCOc1ccccc1C(F)(F)F)Nc1ccccc1. The number of para-hydroxylation sites is 2. The molecule has 4 nitrogen and oxygen atoms in total. The number of nitrogens with one attached hydrogen (secondary N) is 1. The van der Waals surface area contributed by atoms with Crippen molar-refractivity contribution in [2.24, 2.45) is 10.7 Å². The molecule has 0 saturated heterocycles. The Morgan fingerprint density at radius 1 is 1.04 bits per heavy atom. The van der Waals surface area contributed by atoms with Crippen LogP contribution in [0.5, 0.6) is 5.75 Å². The molecule has 0 radical (unpaired) electrons. The van der Waals surface area contributed by atoms with E-state index in [4.69, 9.17) is 10.5 Å². The number of hydrogen-bond donors (Lipinski definition) is 2. The van der Waals surface area contributed by atoms with Crippen LogP contribution in [0.1, 0.15) is 5.56 Å². The molecule has 0 aliphatic heterocycles. The minimum absolute atomic E-state index is 0. The number of nitrogens with two attached hydrogens (primary N) is 1. The molecule has 2 aromatic carbocycles. The van der Waals surface area contributed by atoms with E-state index in [9.17, 15) is 13.2 Å². The molecule has 0 saturated carbocycles. The number of alkyl halides is 3. The van der Waals surface area contributed by atoms with E-state index in [2.05, 4.69) is 10.3 Å². The van der Waals surface area contributed by atoms with Crippen LogP contribution in [0.25, 0.3) is 0 Å². The van der Waals surface area contributed by atoms with Gasteiger partial charge < -0.3 is 15.8 Å². The van der Waals surface area contributed by atoms with Gasteiger partial charge in [-0.1, -0.05) is 30.3 Å². The van der Waals surface area contributed by atoms with Gasteiger partial charge in [0.15, 0.2) is 5.96 Å². The summed E-state index contributed by atoms with van der Waals surface area (Å²) in [6.07, 6.45) is -4.45. The topological polar surface area (TPSA) is 59.6 Å². The number of anilines is 1. The first-order chi connectivity index (χ1) is 11.0. The van der Waals surface area contributed by atoms with E-state index in [-0.39, 0.29) is 48.8 Å². The van der Waals surface area contributed by atoms with Crippen molar-refractivity contribution in [3.05, 3.63) is 60.2 Å². The molecule has 0 aliphatic carbocycles. The summed E-state index contributed by atoms with van der Waals surface area (Å²) in [6, 6.07) is 14.2. The van der Waals surface area contributed by atoms with E-state index in [0.29, 0.717) is 0 Å². The molecule has 0 fully saturated rings. The van der Waals surface area contributed by atoms with Crippen LogP contribution in [0, 0.1) is 0 Å². The summed E-state index contributed by atoms with van der Waals surface area (Å²) in [4.78, 5) is 4.00. The van der Waals surface area contributed by atoms with E-state index in [0.717, 1.165) is 11.8 Å². The Hall–Kier alpha value is -1.97. The molecule has 24 heavy (non-hydrogen) atoms. The molecule has 2 aromatic rings. The van der Waals surface area contributed by atoms with Crippen molar-refractivity contribution >= 4 is 35.6 Å². The summed E-state index contributed by atoms with van der Waals surface area (Å²) >= 11 is 0. The van der Waals surface area contributed by atoms with Crippen molar-refractivity contribution in [1.82, 2.24) is 0 Å². The minimum Gasteiger partial charge on any atom is -0.491 e. The number of ether oxygens (including phenoxy) is 1. The molecule has 2 rings (SSSR count). The van der Waals surface area contributed by atoms with Gasteiger partial charge in [-0.2, -0.15) is 13.2 Å². The molecule has 8 heteroatoms. The van der Waals surface area contributed by atoms with Gasteiger partial charge in [0.25, 0.3) is 0 Å². The Bertz CT molecular complexity index is 663. The number of hydrogen-bond acceptors (Lipinski definition) is 2. The zero-order valence-electron chi connectivity index (χ0n) is 12.6. The number of benzene rings is 2. The van der Waals surface area contributed by atoms with Crippen LogP contribution in [0.3, 0.4) is 0 Å². The monoisotopic (exact) mass is 451 g/mol. The smallest absolute Gasteiger partial charge is 0.419 e. The second-order valence-corrected chi connectivity index (χ2v) is 4.60. The first-order valence-electron chi connectivity index (χ1n) is 6.88. The number of halogens is 4. The summed E-state index contributed by atoms with van der Waals surface area (Å²) in [7, 11) is 0. The normalized spacial score (nSPS) is 11.5. The third kappa shape index (κ3) is 6.26. The Balaban J connectivity index is 0.00000288. The van der Waals surface area contributed by atoms with Crippen molar-refractivity contribution in [2.75, 3.05) is 18.5 Å². The Labute approximate surface area is 154 Å². The maximum Gasteiger partial charge on any atom is 0.419 e. The fraction of sp³-hybridized carbons (Fsp3) is 0.188. The zero-order valence-corrected chi connectivity index (χ0v) is 14.9. The van der Waals surface area contributed by atoms with Gasteiger partial charge in [-0.25, -0.2) is 4.99 Å². The summed E-state index contributed by atoms with van der Waals surface area (Å²) < 4.78 is 43.5. The summed E-state index contributed by atoms with van der Waals surface area (Å²) in [6.45, 7) is 0.127. The average molecular weight is 451 g/mol. The lowest BCUT2D eigenvalue weighted by molar-refractivity contribution is -0.138. The maximum absolute atomic E-state index is 12.8. The van der Waals surface area contributed by atoms with E-state index < -0.39 is 11.7 Å². The summed E-state index contributed by atoms with van der Waals surface area (Å²) in [5, 5.41) is 2.87. The van der Waals surface area contributed by atoms with Crippen molar-refractivity contribution < 1.29 is 17.9 Å². The molecule has 0 atom stereocenters. The van der Waals surface area contributed by atoms with Crippen molar-refractivity contribution in [1.29, 1.82) is 0 Å². The fourth-order valence-electron chi connectivity index (χ4n) is 1.86. The van der Waals surface area contributed by atoms with Crippen LogP contribution in [-0.4, -0.2) is 19.1 Å². The average Bonchev–Trinajstić information content (AvgIpc) is 2.52. The lowest BCUT2D eigenvalue weighted by Crippen LogP contribution is -2.23. The molecule has 0 spiro atoms. The Kier molecular flexibility index (Phi) is 7.83. The maximum atomic E-state index is 12.8. The number of rotatable bonds is 5. The van der Waals surface area contributed by atoms with E-state index in [1.807, 2.05) is 30.3 Å². The van der Waals surface area contributed by atoms with Gasteiger partial charge >= 0.3 is 6.18 Å². The van der Waals surface area contributed by atoms with Crippen molar-refractivity contribution in [3.63, 3.8) is 0 Å². The van der Waals surface area contributed by atoms with Crippen LogP contribution < -0.4 is 15.8 Å². The van der Waals surface area contributed by atoms with E-state index >= 15 is 0 Å². The molecule has 0 amide bonds. The van der Waals surface area contributed by atoms with Gasteiger partial charge in [-0.3, -0.25) is 0 Å². The zero-order chi connectivity index (χ0) is 16.7. The molecule has 0 bridgehead atoms. The predicted molar refractivity (Wildman–Crippen MR) is 98.9 cm³/mol. The van der Waals surface area contributed by atoms with Gasteiger partial charge in [0.05, 0.1) is 12.1 Å². The Morgan fingerprint density at radius 2 is 1.67 bits per heavy atom. The van der Waals surface area contributed by atoms with Crippen LogP contribution in [-0.2, 0) is 6.18 Å². The second-order valence-electron chi connectivity index (χ2n) is 4.60. The predicted octanol–water partition coefficient (Wildman–Crippen LogP) is 4.13. The van der Waals surface area contributed by atoms with Crippen molar-refractivity contribution in [3.8, 4) is 5.75 Å². The van der Waals surface area contributed by atoms with E-state index in [1.54, 1.807) is 0 Å². The highest BCUT2D eigenvalue weighted by molar-refractivity contribution is 14.0. The molecule has 0 aromatic heterocycles. The Morgan fingerprint density at radius 3 is 2.33 bits per heavy atom. The van der Waals surface area contributed by atoms with Gasteiger partial charge in [-0.05, 0) is 24.3 Å². The molecule has 0 aliphatic rings. The van der Waals surface area contributed by atoms with Crippen LogP contribution in [0.4, 0.5) is 18.9 Å². The highest BCUT2D eigenvalue weighted by Gasteiger charge is 2.33. The minimum atomic E-state index is -4.45. The summed E-state index contributed by atoms with van der Waals surface area (Å²) in [5.74, 6) is -0.0475. The molecule has 3 N–H and O–H groups in total. The highest BCUT2D eigenvalue weighted by Crippen LogP contribution is 2.35. The molecule has 0 unspecified atom stereocenters. The third-order valence-corrected chi connectivity index (χ3v) is 2.87. The number of nitrogens with zero attached hydrogens (tertiary/aromatic N) is 1. The number of guanidine groups is 1. The van der Waals surface area contributed by atoms with Crippen LogP contribution in [0.15, 0.2) is 59.6 Å². The number of aliphatic imine (C=N–C) groups is 1. The lowest BCUT2D eigenvalue weighted by atomic mass is 10.2. The molecular formula is C16H17F3IN3O. The van der Waals surface area contributed by atoms with Gasteiger partial charge in [0.2, 0.25) is 0 Å². The van der Waals surface area contributed by atoms with E-state index in [1.165, 1.54) is 18.2 Å². The van der Waals surface area contributed by atoms with Gasteiger partial charge in [0, 0.05) is 5.69 Å². The largest absolute Gasteiger partial charge is 0.491 e. The molecular weight excluding hydrogens is 434 g/mol. The summed E-state index contributed by atoms with van der Waals surface area (Å²) in [5.41, 5.74) is 5.66. The fourth-order valence-corrected chi connectivity index (χ4v) is 1.86. The molecule has 130 valence electrons. The van der Waals surface area contributed by atoms with Crippen LogP contribution >= 0.6 is 24.0 Å². The van der Waals surface area contributed by atoms with Gasteiger partial charge in [-0.15, -0.1) is 24.0 Å². The quantitative estimate of drug-likeness (QED) is 0.311. The third-order valence-electron chi connectivity index (χ3n) is 2.87. The van der Waals surface area contributed by atoms with Crippen molar-refractivity contribution in [2.45, 2.75) is 6.18 Å². The molecule has 0 heterocycles. The first kappa shape index (κ1) is 20.1. The second kappa shape index (κ2) is 9.36.